The van der Waals surface area contributed by atoms with Crippen molar-refractivity contribution in [1.29, 1.82) is 0 Å². The lowest BCUT2D eigenvalue weighted by molar-refractivity contribution is -0.139. The van der Waals surface area contributed by atoms with Gasteiger partial charge in [0.25, 0.3) is 0 Å². The summed E-state index contributed by atoms with van der Waals surface area (Å²) in [5.41, 5.74) is 6.30. The zero-order valence-corrected chi connectivity index (χ0v) is 13.9. The van der Waals surface area contributed by atoms with Crippen LogP contribution in [0.3, 0.4) is 0 Å². The fraction of sp³-hybridized carbons (Fsp3) is 0.294. The molecule has 0 heterocycles. The Balaban J connectivity index is 2.16. The number of carbonyl (C=O) groups is 2. The number of nitrogens with two attached hydrogens (primary N) is 1. The molecule has 0 aliphatic rings. The van der Waals surface area contributed by atoms with Crippen LogP contribution >= 0.6 is 0 Å². The average molecular weight is 344 g/mol. The topological polar surface area (TPSA) is 122 Å². The smallest absolute Gasteiger partial charge is 0.478 e. The molecule has 0 bridgehead atoms. The van der Waals surface area contributed by atoms with Crippen LogP contribution in [0.4, 0.5) is 0 Å². The molecule has 0 aliphatic heterocycles. The molecule has 5 N–H and O–H groups in total. The van der Waals surface area contributed by atoms with Gasteiger partial charge in [-0.3, -0.25) is 9.59 Å². The van der Waals surface area contributed by atoms with Crippen LogP contribution in [-0.2, 0) is 20.7 Å². The summed E-state index contributed by atoms with van der Waals surface area (Å²) in [6, 6.07) is 12.3. The lowest BCUT2D eigenvalue weighted by Crippen LogP contribution is -2.50. The molecule has 8 heteroatoms. The largest absolute Gasteiger partial charge is 0.480 e. The van der Waals surface area contributed by atoms with Gasteiger partial charge in [-0.05, 0) is 22.8 Å². The lowest BCUT2D eigenvalue weighted by Gasteiger charge is -2.22. The van der Waals surface area contributed by atoms with E-state index in [2.05, 4.69) is 5.32 Å². The third-order valence-electron chi connectivity index (χ3n) is 3.82. The molecular weight excluding hydrogens is 323 g/mol. The quantitative estimate of drug-likeness (QED) is 0.512. The highest BCUT2D eigenvalue weighted by molar-refractivity contribution is 6.45. The second-order valence-electron chi connectivity index (χ2n) is 5.82. The zero-order valence-electron chi connectivity index (χ0n) is 13.9. The van der Waals surface area contributed by atoms with Crippen LogP contribution in [0.15, 0.2) is 42.5 Å². The molecule has 0 aliphatic carbocycles. The molecule has 25 heavy (non-hydrogen) atoms. The molecule has 0 unspecified atom stereocenters. The van der Waals surface area contributed by atoms with E-state index < -0.39 is 25.1 Å². The number of nitrogens with one attached hydrogen (secondary N) is 1. The highest BCUT2D eigenvalue weighted by Crippen LogP contribution is 2.20. The zero-order chi connectivity index (χ0) is 18.4. The number of amides is 1. The van der Waals surface area contributed by atoms with Gasteiger partial charge in [0.15, 0.2) is 0 Å². The van der Waals surface area contributed by atoms with Crippen molar-refractivity contribution in [2.45, 2.75) is 25.3 Å². The lowest BCUT2D eigenvalue weighted by atomic mass is 9.74. The molecule has 0 radical (unpaired) electrons. The number of hydrogen-bond acceptors (Lipinski definition) is 5. The van der Waals surface area contributed by atoms with Crippen molar-refractivity contribution in [2.24, 2.45) is 5.73 Å². The number of benzene rings is 2. The van der Waals surface area contributed by atoms with Gasteiger partial charge in [0.05, 0.1) is 12.5 Å². The molecule has 2 aromatic carbocycles. The van der Waals surface area contributed by atoms with Gasteiger partial charge in [-0.15, -0.1) is 0 Å². The first-order valence-electron chi connectivity index (χ1n) is 7.90. The van der Waals surface area contributed by atoms with E-state index in [1.165, 1.54) is 6.92 Å². The van der Waals surface area contributed by atoms with E-state index in [0.717, 1.165) is 16.3 Å². The predicted octanol–water partition coefficient (Wildman–Crippen LogP) is 0.335. The van der Waals surface area contributed by atoms with Gasteiger partial charge in [0, 0.05) is 6.92 Å². The number of rotatable bonds is 8. The summed E-state index contributed by atoms with van der Waals surface area (Å²) in [5, 5.41) is 23.7. The Labute approximate surface area is 145 Å². The van der Waals surface area contributed by atoms with E-state index in [0.29, 0.717) is 6.42 Å². The van der Waals surface area contributed by atoms with Gasteiger partial charge in [0.2, 0.25) is 5.91 Å². The van der Waals surface area contributed by atoms with E-state index in [1.807, 2.05) is 42.5 Å². The van der Waals surface area contributed by atoms with Gasteiger partial charge in [-0.1, -0.05) is 42.5 Å². The van der Waals surface area contributed by atoms with E-state index in [1.54, 1.807) is 0 Å². The summed E-state index contributed by atoms with van der Waals surface area (Å²) >= 11 is 0. The Hall–Kier alpha value is -2.42. The van der Waals surface area contributed by atoms with Gasteiger partial charge in [0.1, 0.15) is 6.04 Å². The van der Waals surface area contributed by atoms with E-state index >= 15 is 0 Å². The van der Waals surface area contributed by atoms with Crippen LogP contribution in [-0.4, -0.2) is 47.7 Å². The van der Waals surface area contributed by atoms with Crippen LogP contribution in [0, 0.1) is 0 Å². The van der Waals surface area contributed by atoms with Crippen molar-refractivity contribution < 1.29 is 24.4 Å². The molecule has 7 nitrogen and oxygen atoms in total. The minimum atomic E-state index is -1.38. The summed E-state index contributed by atoms with van der Waals surface area (Å²) in [6.45, 7) is 0.980. The number of carboxylic acids is 1. The summed E-state index contributed by atoms with van der Waals surface area (Å²) in [5.74, 6) is -2.28. The average Bonchev–Trinajstić information content (AvgIpc) is 2.58. The molecule has 0 saturated heterocycles. The van der Waals surface area contributed by atoms with Crippen molar-refractivity contribution in [2.75, 3.05) is 6.61 Å². The van der Waals surface area contributed by atoms with Crippen molar-refractivity contribution >= 4 is 29.8 Å². The highest BCUT2D eigenvalue weighted by Gasteiger charge is 2.30. The second-order valence-corrected chi connectivity index (χ2v) is 5.82. The molecular formula is C17H21BN2O5. The van der Waals surface area contributed by atoms with E-state index in [-0.39, 0.29) is 12.5 Å². The normalized spacial score (nSPS) is 13.2. The van der Waals surface area contributed by atoms with Gasteiger partial charge >= 0.3 is 13.1 Å². The Morgan fingerprint density at radius 1 is 1.24 bits per heavy atom. The third kappa shape index (κ3) is 5.28. The third-order valence-corrected chi connectivity index (χ3v) is 3.82. The number of carbonyl (C=O) groups excluding carboxylic acids is 1. The molecule has 2 aromatic rings. The van der Waals surface area contributed by atoms with Gasteiger partial charge < -0.3 is 25.8 Å². The maximum absolute atomic E-state index is 11.5. The van der Waals surface area contributed by atoms with Gasteiger partial charge in [-0.2, -0.15) is 0 Å². The minimum absolute atomic E-state index is 0.324. The summed E-state index contributed by atoms with van der Waals surface area (Å²) < 4.78 is 5.15. The van der Waals surface area contributed by atoms with Crippen LogP contribution in [0.5, 0.6) is 0 Å². The first kappa shape index (κ1) is 18.9. The molecule has 132 valence electrons. The molecule has 2 atom stereocenters. The minimum Gasteiger partial charge on any atom is -0.480 e. The Morgan fingerprint density at radius 2 is 1.92 bits per heavy atom. The van der Waals surface area contributed by atoms with Crippen molar-refractivity contribution in [3.63, 3.8) is 0 Å². The Bertz CT molecular complexity index is 749. The number of hydrogen-bond donors (Lipinski definition) is 4. The maximum Gasteiger partial charge on any atom is 0.478 e. The van der Waals surface area contributed by atoms with Crippen molar-refractivity contribution in [3.8, 4) is 0 Å². The van der Waals surface area contributed by atoms with Crippen LogP contribution in [0.1, 0.15) is 12.5 Å². The number of carboxylic acid groups (broad SMARTS) is 1. The standard InChI is InChI=1S/C17H21BN2O5/c1-11(21)20-16(18(24)25-10-15(19)17(22)23)9-13-7-4-6-12-5-2-3-8-14(12)13/h2-8,15-16,24H,9-10,19H2,1H3,(H,20,21)(H,22,23)/t15-,16-/m1/s1. The van der Waals surface area contributed by atoms with E-state index in [4.69, 9.17) is 15.5 Å². The van der Waals surface area contributed by atoms with Gasteiger partial charge in [-0.25, -0.2) is 0 Å². The molecule has 2 rings (SSSR count). The SMILES string of the molecule is CC(=O)N[C@H](Cc1cccc2ccccc12)B(O)OC[C@@H](N)C(=O)O. The summed E-state index contributed by atoms with van der Waals surface area (Å²) in [7, 11) is -1.38. The first-order valence-corrected chi connectivity index (χ1v) is 7.90. The van der Waals surface area contributed by atoms with E-state index in [9.17, 15) is 14.6 Å². The number of aliphatic carboxylic acids is 1. The fourth-order valence-electron chi connectivity index (χ4n) is 2.58. The number of fused-ring (bicyclic) bond motifs is 1. The molecule has 0 spiro atoms. The maximum atomic E-state index is 11.5. The van der Waals surface area contributed by atoms with Crippen molar-refractivity contribution in [1.82, 2.24) is 5.32 Å². The van der Waals surface area contributed by atoms with Crippen LogP contribution in [0.25, 0.3) is 10.8 Å². The first-order chi connectivity index (χ1) is 11.9. The highest BCUT2D eigenvalue weighted by atomic mass is 16.5. The van der Waals surface area contributed by atoms with Crippen molar-refractivity contribution in [3.05, 3.63) is 48.0 Å². The molecule has 0 aromatic heterocycles. The predicted molar refractivity (Wildman–Crippen MR) is 94.8 cm³/mol. The molecule has 0 saturated carbocycles. The molecule has 0 fully saturated rings. The summed E-state index contributed by atoms with van der Waals surface area (Å²) in [4.78, 5) is 22.2. The van der Waals surface area contributed by atoms with Crippen LogP contribution < -0.4 is 11.1 Å². The second kappa shape index (κ2) is 8.61. The Morgan fingerprint density at radius 3 is 2.60 bits per heavy atom. The molecule has 1 amide bonds. The monoisotopic (exact) mass is 344 g/mol. The van der Waals surface area contributed by atoms with Crippen LogP contribution in [0.2, 0.25) is 0 Å². The Kier molecular flexibility index (Phi) is 6.52. The fourth-order valence-corrected chi connectivity index (χ4v) is 2.58. The summed E-state index contributed by atoms with van der Waals surface area (Å²) in [6.07, 6.45) is 0.324.